The number of benzene rings is 1. The second kappa shape index (κ2) is 3.65. The summed E-state index contributed by atoms with van der Waals surface area (Å²) < 4.78 is 16.8. The quantitative estimate of drug-likeness (QED) is 0.771. The third-order valence-corrected chi connectivity index (χ3v) is 2.25. The van der Waals surface area contributed by atoms with E-state index in [-0.39, 0.29) is 5.91 Å². The van der Waals surface area contributed by atoms with E-state index in [0.29, 0.717) is 24.3 Å². The van der Waals surface area contributed by atoms with Gasteiger partial charge in [0.2, 0.25) is 6.86 Å². The molecule has 0 unspecified atom stereocenters. The van der Waals surface area contributed by atoms with E-state index in [9.17, 15) is 9.18 Å². The standard InChI is InChI=1S/C10H10FNO2/c11-6-14-9-3-1-2-8-7(9)4-5-12-10(8)13/h1-3H,4-6H2,(H,12,13). The van der Waals surface area contributed by atoms with Crippen molar-refractivity contribution in [3.63, 3.8) is 0 Å². The number of ether oxygens (including phenoxy) is 1. The van der Waals surface area contributed by atoms with E-state index in [4.69, 9.17) is 4.74 Å². The summed E-state index contributed by atoms with van der Waals surface area (Å²) in [5.74, 6) is 0.357. The molecule has 0 atom stereocenters. The molecule has 1 N–H and O–H groups in total. The van der Waals surface area contributed by atoms with Crippen molar-refractivity contribution in [2.45, 2.75) is 6.42 Å². The van der Waals surface area contributed by atoms with Crippen LogP contribution in [0.25, 0.3) is 0 Å². The first-order valence-electron chi connectivity index (χ1n) is 4.42. The minimum absolute atomic E-state index is 0.115. The molecule has 74 valence electrons. The first-order chi connectivity index (χ1) is 6.83. The molecule has 0 spiro atoms. The van der Waals surface area contributed by atoms with E-state index < -0.39 is 6.86 Å². The number of amides is 1. The van der Waals surface area contributed by atoms with Crippen LogP contribution in [0.5, 0.6) is 5.75 Å². The molecule has 1 aromatic carbocycles. The van der Waals surface area contributed by atoms with Crippen LogP contribution in [0.1, 0.15) is 15.9 Å². The normalized spacial score (nSPS) is 14.5. The van der Waals surface area contributed by atoms with Gasteiger partial charge in [0.25, 0.3) is 5.91 Å². The van der Waals surface area contributed by atoms with Gasteiger partial charge in [0, 0.05) is 17.7 Å². The fraction of sp³-hybridized carbons (Fsp3) is 0.300. The van der Waals surface area contributed by atoms with Gasteiger partial charge < -0.3 is 10.1 Å². The second-order valence-corrected chi connectivity index (χ2v) is 3.04. The smallest absolute Gasteiger partial charge is 0.251 e. The number of nitrogens with one attached hydrogen (secondary N) is 1. The Morgan fingerprint density at radius 2 is 2.36 bits per heavy atom. The van der Waals surface area contributed by atoms with Gasteiger partial charge in [-0.25, -0.2) is 4.39 Å². The summed E-state index contributed by atoms with van der Waals surface area (Å²) in [6.07, 6.45) is 0.692. The van der Waals surface area contributed by atoms with Crippen LogP contribution in [0.4, 0.5) is 4.39 Å². The maximum Gasteiger partial charge on any atom is 0.251 e. The van der Waals surface area contributed by atoms with Crippen molar-refractivity contribution in [2.75, 3.05) is 13.4 Å². The van der Waals surface area contributed by atoms with Crippen molar-refractivity contribution in [3.8, 4) is 5.75 Å². The first kappa shape index (κ1) is 8.99. The van der Waals surface area contributed by atoms with Crippen molar-refractivity contribution < 1.29 is 13.9 Å². The predicted octanol–water partition coefficient (Wildman–Crippen LogP) is 1.28. The van der Waals surface area contributed by atoms with Crippen LogP contribution in [0.15, 0.2) is 18.2 Å². The van der Waals surface area contributed by atoms with Gasteiger partial charge >= 0.3 is 0 Å². The van der Waals surface area contributed by atoms with Crippen molar-refractivity contribution in [3.05, 3.63) is 29.3 Å². The van der Waals surface area contributed by atoms with Gasteiger partial charge in [-0.2, -0.15) is 0 Å². The summed E-state index contributed by atoms with van der Waals surface area (Å²) in [7, 11) is 0. The maximum absolute atomic E-state index is 12.0. The zero-order valence-electron chi connectivity index (χ0n) is 7.55. The highest BCUT2D eigenvalue weighted by Gasteiger charge is 2.19. The lowest BCUT2D eigenvalue weighted by molar-refractivity contribution is 0.0943. The van der Waals surface area contributed by atoms with Gasteiger partial charge in [-0.05, 0) is 18.6 Å². The van der Waals surface area contributed by atoms with Crippen LogP contribution in [0.2, 0.25) is 0 Å². The van der Waals surface area contributed by atoms with Crippen LogP contribution in [-0.2, 0) is 6.42 Å². The number of carbonyl (C=O) groups is 1. The summed E-state index contributed by atoms with van der Waals surface area (Å²) in [5.41, 5.74) is 1.39. The molecule has 0 aromatic heterocycles. The van der Waals surface area contributed by atoms with Gasteiger partial charge in [-0.3, -0.25) is 4.79 Å². The number of halogens is 1. The molecule has 0 fully saturated rings. The zero-order chi connectivity index (χ0) is 9.97. The Balaban J connectivity index is 2.44. The van der Waals surface area contributed by atoms with E-state index in [1.807, 2.05) is 0 Å². The Bertz CT molecular complexity index is 365. The van der Waals surface area contributed by atoms with Gasteiger partial charge in [0.15, 0.2) is 0 Å². The molecule has 14 heavy (non-hydrogen) atoms. The molecule has 0 bridgehead atoms. The fourth-order valence-corrected chi connectivity index (χ4v) is 1.63. The third-order valence-electron chi connectivity index (χ3n) is 2.25. The monoisotopic (exact) mass is 195 g/mol. The highest BCUT2D eigenvalue weighted by Crippen LogP contribution is 2.25. The minimum Gasteiger partial charge on any atom is -0.463 e. The molecule has 1 heterocycles. The molecule has 1 aromatic rings. The lowest BCUT2D eigenvalue weighted by atomic mass is 9.99. The average molecular weight is 195 g/mol. The van der Waals surface area contributed by atoms with E-state index >= 15 is 0 Å². The van der Waals surface area contributed by atoms with E-state index in [2.05, 4.69) is 5.32 Å². The highest BCUT2D eigenvalue weighted by atomic mass is 19.1. The Hall–Kier alpha value is -1.58. The summed E-state index contributed by atoms with van der Waals surface area (Å²) in [6.45, 7) is -0.281. The molecule has 0 radical (unpaired) electrons. The molecular weight excluding hydrogens is 185 g/mol. The summed E-state index contributed by atoms with van der Waals surface area (Å²) in [5, 5.41) is 2.72. The third kappa shape index (κ3) is 1.43. The van der Waals surface area contributed by atoms with Gasteiger partial charge in [-0.1, -0.05) is 6.07 Å². The molecule has 0 saturated heterocycles. The second-order valence-electron chi connectivity index (χ2n) is 3.04. The number of rotatable bonds is 2. The number of hydrogen-bond acceptors (Lipinski definition) is 2. The highest BCUT2D eigenvalue weighted by molar-refractivity contribution is 5.97. The molecular formula is C10H10FNO2. The van der Waals surface area contributed by atoms with Crippen molar-refractivity contribution in [1.29, 1.82) is 0 Å². The predicted molar refractivity (Wildman–Crippen MR) is 49.1 cm³/mol. The molecule has 0 saturated carbocycles. The molecule has 1 amide bonds. The van der Waals surface area contributed by atoms with Crippen LogP contribution in [-0.4, -0.2) is 19.3 Å². The Morgan fingerprint density at radius 1 is 1.50 bits per heavy atom. The lowest BCUT2D eigenvalue weighted by Crippen LogP contribution is -2.32. The Kier molecular flexibility index (Phi) is 2.35. The molecule has 4 heteroatoms. The van der Waals surface area contributed by atoms with Crippen molar-refractivity contribution >= 4 is 5.91 Å². The molecule has 3 nitrogen and oxygen atoms in total. The van der Waals surface area contributed by atoms with E-state index in [1.54, 1.807) is 18.2 Å². The number of carbonyl (C=O) groups excluding carboxylic acids is 1. The summed E-state index contributed by atoms with van der Waals surface area (Å²) >= 11 is 0. The number of fused-ring (bicyclic) bond motifs is 1. The maximum atomic E-state index is 12.0. The minimum atomic E-state index is -0.863. The van der Waals surface area contributed by atoms with Crippen LogP contribution < -0.4 is 10.1 Å². The Labute approximate surface area is 80.9 Å². The SMILES string of the molecule is O=C1NCCc2c(OCF)cccc21. The Morgan fingerprint density at radius 3 is 3.14 bits per heavy atom. The van der Waals surface area contributed by atoms with Gasteiger partial charge in [0.1, 0.15) is 5.75 Å². The van der Waals surface area contributed by atoms with E-state index in [0.717, 1.165) is 5.56 Å². The largest absolute Gasteiger partial charge is 0.463 e. The number of hydrogen-bond donors (Lipinski definition) is 1. The van der Waals surface area contributed by atoms with Gasteiger partial charge in [0.05, 0.1) is 0 Å². The first-order valence-corrected chi connectivity index (χ1v) is 4.42. The molecule has 1 aliphatic rings. The molecule has 2 rings (SSSR count). The number of alkyl halides is 1. The zero-order valence-corrected chi connectivity index (χ0v) is 7.55. The summed E-state index contributed by atoms with van der Waals surface area (Å²) in [6, 6.07) is 5.08. The van der Waals surface area contributed by atoms with Crippen molar-refractivity contribution in [1.82, 2.24) is 5.32 Å². The summed E-state index contributed by atoms with van der Waals surface area (Å²) in [4.78, 5) is 11.4. The van der Waals surface area contributed by atoms with Gasteiger partial charge in [-0.15, -0.1) is 0 Å². The topological polar surface area (TPSA) is 38.3 Å². The van der Waals surface area contributed by atoms with E-state index in [1.165, 1.54) is 0 Å². The fourth-order valence-electron chi connectivity index (χ4n) is 1.63. The van der Waals surface area contributed by atoms with Crippen molar-refractivity contribution in [2.24, 2.45) is 0 Å². The average Bonchev–Trinajstić information content (AvgIpc) is 2.20. The molecule has 1 aliphatic heterocycles. The van der Waals surface area contributed by atoms with Crippen LogP contribution in [0, 0.1) is 0 Å². The van der Waals surface area contributed by atoms with Crippen LogP contribution in [0.3, 0.4) is 0 Å². The lowest BCUT2D eigenvalue weighted by Gasteiger charge is -2.18. The molecule has 0 aliphatic carbocycles. The van der Waals surface area contributed by atoms with Crippen LogP contribution >= 0.6 is 0 Å².